The Hall–Kier alpha value is -3.40. The SMILES string of the molecule is CCOC(=O)/C(O)=C\C(=O)N(CCCCN)NC(=O)C(CC(C)C)NC(=O)CCc1ccccc1. The Bertz CT molecular complexity index is 857. The number of hydrazine groups is 1. The van der Waals surface area contributed by atoms with Crippen LogP contribution in [0.1, 0.15) is 52.0 Å². The van der Waals surface area contributed by atoms with Crippen molar-refractivity contribution in [2.75, 3.05) is 19.7 Å². The molecule has 0 spiro atoms. The maximum Gasteiger partial charge on any atom is 0.373 e. The molecule has 0 saturated carbocycles. The van der Waals surface area contributed by atoms with Crippen molar-refractivity contribution in [2.24, 2.45) is 11.7 Å². The maximum absolute atomic E-state index is 13.0. The first-order valence-electron chi connectivity index (χ1n) is 11.9. The van der Waals surface area contributed by atoms with Gasteiger partial charge in [-0.2, -0.15) is 0 Å². The van der Waals surface area contributed by atoms with Gasteiger partial charge in [-0.3, -0.25) is 24.8 Å². The van der Waals surface area contributed by atoms with Crippen LogP contribution < -0.4 is 16.5 Å². The number of nitrogens with zero attached hydrogens (tertiary/aromatic N) is 1. The van der Waals surface area contributed by atoms with E-state index in [1.54, 1.807) is 6.92 Å². The van der Waals surface area contributed by atoms with Crippen molar-refractivity contribution < 1.29 is 29.0 Å². The highest BCUT2D eigenvalue weighted by atomic mass is 16.5. The molecule has 0 saturated heterocycles. The number of rotatable bonds is 14. The summed E-state index contributed by atoms with van der Waals surface area (Å²) in [6.07, 6.45) is 2.87. The fourth-order valence-corrected chi connectivity index (χ4v) is 3.18. The predicted molar refractivity (Wildman–Crippen MR) is 132 cm³/mol. The third-order valence-electron chi connectivity index (χ3n) is 4.93. The van der Waals surface area contributed by atoms with Crippen LogP contribution >= 0.6 is 0 Å². The van der Waals surface area contributed by atoms with Gasteiger partial charge in [-0.25, -0.2) is 4.79 Å². The molecule has 0 radical (unpaired) electrons. The Balaban J connectivity index is 2.89. The highest BCUT2D eigenvalue weighted by molar-refractivity contribution is 5.98. The molecule has 1 aromatic carbocycles. The molecule has 1 atom stereocenters. The van der Waals surface area contributed by atoms with E-state index in [1.807, 2.05) is 44.2 Å². The van der Waals surface area contributed by atoms with Gasteiger partial charge in [0.05, 0.1) is 12.7 Å². The molecule has 10 heteroatoms. The Morgan fingerprint density at radius 1 is 1.14 bits per heavy atom. The standard InChI is InChI=1S/C25H38N4O6/c1-4-35-25(34)21(30)17-23(32)29(15-9-8-14-26)28-24(33)20(16-18(2)3)27-22(31)13-12-19-10-6-5-7-11-19/h5-7,10-11,17-18,20,30H,4,8-9,12-16,26H2,1-3H3,(H,27,31)(H,28,33)/b21-17+. The fraction of sp³-hybridized carbons (Fsp3) is 0.520. The molecule has 194 valence electrons. The van der Waals surface area contributed by atoms with Crippen LogP contribution in [0.5, 0.6) is 0 Å². The first-order valence-corrected chi connectivity index (χ1v) is 11.9. The summed E-state index contributed by atoms with van der Waals surface area (Å²) in [6, 6.07) is 8.67. The Morgan fingerprint density at radius 2 is 1.83 bits per heavy atom. The van der Waals surface area contributed by atoms with Crippen LogP contribution in [0.3, 0.4) is 0 Å². The minimum Gasteiger partial charge on any atom is -0.502 e. The molecule has 5 N–H and O–H groups in total. The molecule has 10 nitrogen and oxygen atoms in total. The molecule has 1 rings (SSSR count). The smallest absolute Gasteiger partial charge is 0.373 e. The van der Waals surface area contributed by atoms with Gasteiger partial charge in [-0.05, 0) is 50.6 Å². The molecule has 0 bridgehead atoms. The summed E-state index contributed by atoms with van der Waals surface area (Å²) < 4.78 is 4.67. The normalized spacial score (nSPS) is 12.1. The van der Waals surface area contributed by atoms with Gasteiger partial charge in [0.25, 0.3) is 11.8 Å². The molecule has 0 aliphatic carbocycles. The fourth-order valence-electron chi connectivity index (χ4n) is 3.18. The van der Waals surface area contributed by atoms with Gasteiger partial charge in [0, 0.05) is 13.0 Å². The van der Waals surface area contributed by atoms with Crippen LogP contribution in [0.25, 0.3) is 0 Å². The van der Waals surface area contributed by atoms with Crippen molar-refractivity contribution in [1.29, 1.82) is 0 Å². The van der Waals surface area contributed by atoms with Crippen LogP contribution in [0.4, 0.5) is 0 Å². The second-order valence-electron chi connectivity index (χ2n) is 8.45. The molecule has 1 aromatic rings. The largest absolute Gasteiger partial charge is 0.502 e. The number of esters is 1. The number of nitrogens with one attached hydrogen (secondary N) is 2. The van der Waals surface area contributed by atoms with Gasteiger partial charge in [0.1, 0.15) is 6.04 Å². The number of nitrogens with two attached hydrogens (primary N) is 1. The maximum atomic E-state index is 13.0. The van der Waals surface area contributed by atoms with E-state index in [9.17, 15) is 24.3 Å². The van der Waals surface area contributed by atoms with E-state index in [0.29, 0.717) is 38.3 Å². The minimum absolute atomic E-state index is 0.0305. The van der Waals surface area contributed by atoms with Gasteiger partial charge < -0.3 is 20.9 Å². The van der Waals surface area contributed by atoms with E-state index < -0.39 is 29.6 Å². The zero-order chi connectivity index (χ0) is 26.2. The monoisotopic (exact) mass is 490 g/mol. The molecular weight excluding hydrogens is 452 g/mol. The molecule has 1 unspecified atom stereocenters. The molecule has 0 fully saturated rings. The summed E-state index contributed by atoms with van der Waals surface area (Å²) in [5, 5.41) is 13.6. The van der Waals surface area contributed by atoms with E-state index in [1.165, 1.54) is 0 Å². The lowest BCUT2D eigenvalue weighted by Gasteiger charge is -2.26. The molecule has 0 aliphatic rings. The van der Waals surface area contributed by atoms with Gasteiger partial charge in [0.2, 0.25) is 11.7 Å². The zero-order valence-electron chi connectivity index (χ0n) is 20.8. The van der Waals surface area contributed by atoms with Crippen LogP contribution in [-0.4, -0.2) is 59.5 Å². The Morgan fingerprint density at radius 3 is 2.43 bits per heavy atom. The summed E-state index contributed by atoms with van der Waals surface area (Å²) in [5.41, 5.74) is 9.05. The second kappa shape index (κ2) is 16.3. The molecule has 0 heterocycles. The first kappa shape index (κ1) is 29.6. The Labute approximate surface area is 206 Å². The highest BCUT2D eigenvalue weighted by Crippen LogP contribution is 2.08. The van der Waals surface area contributed by atoms with Crippen molar-refractivity contribution in [3.05, 3.63) is 47.7 Å². The molecule has 35 heavy (non-hydrogen) atoms. The van der Waals surface area contributed by atoms with Crippen LogP contribution in [-0.2, 0) is 30.3 Å². The lowest BCUT2D eigenvalue weighted by Crippen LogP contribution is -2.54. The number of aliphatic hydroxyl groups excluding tert-OH is 1. The predicted octanol–water partition coefficient (Wildman–Crippen LogP) is 1.75. The number of ether oxygens (including phenoxy) is 1. The van der Waals surface area contributed by atoms with Crippen LogP contribution in [0, 0.1) is 5.92 Å². The molecule has 0 aliphatic heterocycles. The topological polar surface area (TPSA) is 151 Å². The van der Waals surface area contributed by atoms with Crippen molar-refractivity contribution >= 4 is 23.7 Å². The summed E-state index contributed by atoms with van der Waals surface area (Å²) in [4.78, 5) is 49.9. The lowest BCUT2D eigenvalue weighted by molar-refractivity contribution is -0.143. The number of unbranched alkanes of at least 4 members (excludes halogenated alkanes) is 1. The first-order chi connectivity index (χ1) is 16.7. The molecule has 0 aromatic heterocycles. The van der Waals surface area contributed by atoms with Gasteiger partial charge in [-0.15, -0.1) is 0 Å². The quantitative estimate of drug-likeness (QED) is 0.102. The third kappa shape index (κ3) is 12.0. The number of hydrogen-bond donors (Lipinski definition) is 4. The van der Waals surface area contributed by atoms with Crippen molar-refractivity contribution in [1.82, 2.24) is 15.8 Å². The number of carbonyl (C=O) groups excluding carboxylic acids is 4. The van der Waals surface area contributed by atoms with Gasteiger partial charge in [-0.1, -0.05) is 44.2 Å². The van der Waals surface area contributed by atoms with E-state index in [0.717, 1.165) is 10.6 Å². The average Bonchev–Trinajstić information content (AvgIpc) is 2.82. The van der Waals surface area contributed by atoms with Crippen molar-refractivity contribution in [2.45, 2.75) is 58.9 Å². The number of aryl methyl sites for hydroxylation is 1. The summed E-state index contributed by atoms with van der Waals surface area (Å²) in [5.74, 6) is -3.48. The third-order valence-corrected chi connectivity index (χ3v) is 4.93. The highest BCUT2D eigenvalue weighted by Gasteiger charge is 2.25. The van der Waals surface area contributed by atoms with Gasteiger partial charge in [0.15, 0.2) is 0 Å². The van der Waals surface area contributed by atoms with E-state index >= 15 is 0 Å². The molecular formula is C25H38N4O6. The number of hydrogen-bond acceptors (Lipinski definition) is 7. The molecule has 3 amide bonds. The van der Waals surface area contributed by atoms with Crippen molar-refractivity contribution in [3.63, 3.8) is 0 Å². The van der Waals surface area contributed by atoms with E-state index in [4.69, 9.17) is 5.73 Å². The van der Waals surface area contributed by atoms with Gasteiger partial charge >= 0.3 is 5.97 Å². The van der Waals surface area contributed by atoms with Crippen LogP contribution in [0.2, 0.25) is 0 Å². The zero-order valence-corrected chi connectivity index (χ0v) is 20.8. The van der Waals surface area contributed by atoms with E-state index in [-0.39, 0.29) is 31.4 Å². The summed E-state index contributed by atoms with van der Waals surface area (Å²) in [6.45, 7) is 5.93. The van der Waals surface area contributed by atoms with E-state index in [2.05, 4.69) is 15.5 Å². The summed E-state index contributed by atoms with van der Waals surface area (Å²) >= 11 is 0. The minimum atomic E-state index is -1.04. The summed E-state index contributed by atoms with van der Waals surface area (Å²) in [7, 11) is 0. The number of aliphatic hydroxyl groups is 1. The number of carbonyl (C=O) groups is 4. The number of benzene rings is 1. The average molecular weight is 491 g/mol. The number of amides is 3. The Kier molecular flexibility index (Phi) is 13.8. The second-order valence-corrected chi connectivity index (χ2v) is 8.45. The van der Waals surface area contributed by atoms with Crippen LogP contribution in [0.15, 0.2) is 42.2 Å². The lowest BCUT2D eigenvalue weighted by atomic mass is 10.0. The van der Waals surface area contributed by atoms with Crippen molar-refractivity contribution in [3.8, 4) is 0 Å².